The minimum atomic E-state index is -0.149. The molecule has 5 heteroatoms. The maximum absolute atomic E-state index is 12.5. The van der Waals surface area contributed by atoms with Crippen molar-refractivity contribution in [3.8, 4) is 11.5 Å². The number of rotatable bonds is 4. The number of carbonyl (C=O) groups excluding carboxylic acids is 1. The van der Waals surface area contributed by atoms with E-state index < -0.39 is 0 Å². The number of benzene rings is 3. The van der Waals surface area contributed by atoms with Crippen LogP contribution in [0.4, 0.5) is 0 Å². The van der Waals surface area contributed by atoms with Crippen molar-refractivity contribution in [1.29, 1.82) is 0 Å². The van der Waals surface area contributed by atoms with Crippen molar-refractivity contribution in [2.75, 3.05) is 0 Å². The Bertz CT molecular complexity index is 1020. The molecule has 0 aromatic heterocycles. The third-order valence-electron chi connectivity index (χ3n) is 4.13. The molecule has 0 N–H and O–H groups in total. The predicted molar refractivity (Wildman–Crippen MR) is 107 cm³/mol. The number of halogens is 2. The quantitative estimate of drug-likeness (QED) is 0.493. The second-order valence-corrected chi connectivity index (χ2v) is 6.94. The van der Waals surface area contributed by atoms with Crippen molar-refractivity contribution in [2.24, 2.45) is 0 Å². The molecule has 0 radical (unpaired) electrons. The van der Waals surface area contributed by atoms with Crippen LogP contribution in [0.25, 0.3) is 6.08 Å². The Balaban J connectivity index is 1.50. The largest absolute Gasteiger partial charge is 0.489 e. The summed E-state index contributed by atoms with van der Waals surface area (Å²) in [5.74, 6) is 1.25. The average molecular weight is 397 g/mol. The van der Waals surface area contributed by atoms with Crippen LogP contribution in [0.1, 0.15) is 21.5 Å². The highest BCUT2D eigenvalue weighted by Crippen LogP contribution is 2.35. The van der Waals surface area contributed by atoms with Gasteiger partial charge < -0.3 is 9.47 Å². The Morgan fingerprint density at radius 3 is 2.26 bits per heavy atom. The summed E-state index contributed by atoms with van der Waals surface area (Å²) in [4.78, 5) is 12.5. The lowest BCUT2D eigenvalue weighted by molar-refractivity contribution is 0.101. The summed E-state index contributed by atoms with van der Waals surface area (Å²) in [6.07, 6.45) is 1.70. The first-order valence-electron chi connectivity index (χ1n) is 8.29. The van der Waals surface area contributed by atoms with Crippen LogP contribution in [0.5, 0.6) is 11.5 Å². The topological polar surface area (TPSA) is 35.5 Å². The first-order valence-corrected chi connectivity index (χ1v) is 9.05. The highest BCUT2D eigenvalue weighted by molar-refractivity contribution is 6.30. The fourth-order valence-electron chi connectivity index (χ4n) is 2.71. The van der Waals surface area contributed by atoms with E-state index in [-0.39, 0.29) is 11.5 Å². The molecule has 0 aliphatic carbocycles. The molecule has 4 rings (SSSR count). The molecule has 3 aromatic rings. The van der Waals surface area contributed by atoms with E-state index in [1.165, 1.54) is 0 Å². The smallest absolute Gasteiger partial charge is 0.231 e. The summed E-state index contributed by atoms with van der Waals surface area (Å²) in [5.41, 5.74) is 2.36. The van der Waals surface area contributed by atoms with Gasteiger partial charge in [-0.25, -0.2) is 0 Å². The predicted octanol–water partition coefficient (Wildman–Crippen LogP) is 6.19. The lowest BCUT2D eigenvalue weighted by Crippen LogP contribution is -1.98. The Morgan fingerprint density at radius 2 is 1.56 bits per heavy atom. The average Bonchev–Trinajstić information content (AvgIpc) is 2.98. The van der Waals surface area contributed by atoms with Crippen molar-refractivity contribution in [2.45, 2.75) is 6.61 Å². The van der Waals surface area contributed by atoms with Gasteiger partial charge in [-0.05, 0) is 53.6 Å². The normalized spacial score (nSPS) is 14.1. The van der Waals surface area contributed by atoms with Gasteiger partial charge in [0.05, 0.1) is 5.56 Å². The van der Waals surface area contributed by atoms with E-state index in [1.807, 2.05) is 36.4 Å². The van der Waals surface area contributed by atoms with Gasteiger partial charge >= 0.3 is 0 Å². The van der Waals surface area contributed by atoms with Gasteiger partial charge in [0.2, 0.25) is 5.78 Å². The fraction of sp³-hybridized carbons (Fsp3) is 0.0455. The van der Waals surface area contributed by atoms with Crippen LogP contribution in [0.3, 0.4) is 0 Å². The minimum absolute atomic E-state index is 0.149. The standard InChI is InChI=1S/C22H14Cl2O3/c23-16-5-1-14(2-6-16)11-21-22(25)19-10-9-18(12-20(19)27-21)26-13-15-3-7-17(24)8-4-15/h1-12H,13H2/b21-11-. The summed E-state index contributed by atoms with van der Waals surface area (Å²) < 4.78 is 11.5. The first-order chi connectivity index (χ1) is 13.1. The molecule has 0 saturated carbocycles. The molecule has 27 heavy (non-hydrogen) atoms. The number of hydrogen-bond acceptors (Lipinski definition) is 3. The molecule has 134 valence electrons. The molecule has 1 aliphatic heterocycles. The lowest BCUT2D eigenvalue weighted by Gasteiger charge is -2.07. The molecule has 0 atom stereocenters. The molecule has 0 unspecified atom stereocenters. The highest BCUT2D eigenvalue weighted by atomic mass is 35.5. The molecule has 0 spiro atoms. The van der Waals surface area contributed by atoms with Crippen LogP contribution in [-0.4, -0.2) is 5.78 Å². The lowest BCUT2D eigenvalue weighted by atomic mass is 10.1. The maximum atomic E-state index is 12.5. The monoisotopic (exact) mass is 396 g/mol. The molecule has 0 amide bonds. The van der Waals surface area contributed by atoms with Crippen molar-refractivity contribution in [3.05, 3.63) is 99.2 Å². The van der Waals surface area contributed by atoms with Crippen LogP contribution in [-0.2, 0) is 6.61 Å². The first kappa shape index (κ1) is 17.7. The van der Waals surface area contributed by atoms with Crippen LogP contribution in [0.15, 0.2) is 72.5 Å². The third kappa shape index (κ3) is 4.00. The van der Waals surface area contributed by atoms with Gasteiger partial charge in [-0.2, -0.15) is 0 Å². The molecular formula is C22H14Cl2O3. The summed E-state index contributed by atoms with van der Waals surface area (Å²) in [7, 11) is 0. The zero-order chi connectivity index (χ0) is 18.8. The second kappa shape index (κ2) is 7.47. The van der Waals surface area contributed by atoms with Crippen LogP contribution < -0.4 is 9.47 Å². The SMILES string of the molecule is O=C1/C(=C/c2ccc(Cl)cc2)Oc2cc(OCc3ccc(Cl)cc3)ccc21. The number of Topliss-reactive ketones (excluding diaryl/α,β-unsaturated/α-hetero) is 1. The number of ether oxygens (including phenoxy) is 2. The van der Waals surface area contributed by atoms with Gasteiger partial charge in [-0.15, -0.1) is 0 Å². The van der Waals surface area contributed by atoms with E-state index in [0.717, 1.165) is 11.1 Å². The van der Waals surface area contributed by atoms with E-state index in [0.29, 0.717) is 33.7 Å². The van der Waals surface area contributed by atoms with E-state index in [4.69, 9.17) is 32.7 Å². The summed E-state index contributed by atoms with van der Waals surface area (Å²) in [6.45, 7) is 0.400. The van der Waals surface area contributed by atoms with Gasteiger partial charge in [0, 0.05) is 16.1 Å². The Kier molecular flexibility index (Phi) is 4.88. The van der Waals surface area contributed by atoms with Crippen molar-refractivity contribution in [1.82, 2.24) is 0 Å². The van der Waals surface area contributed by atoms with E-state index in [9.17, 15) is 4.79 Å². The number of hydrogen-bond donors (Lipinski definition) is 0. The van der Waals surface area contributed by atoms with Gasteiger partial charge in [-0.3, -0.25) is 4.79 Å². The third-order valence-corrected chi connectivity index (χ3v) is 4.63. The van der Waals surface area contributed by atoms with E-state index in [2.05, 4.69) is 0 Å². The van der Waals surface area contributed by atoms with Crippen LogP contribution in [0.2, 0.25) is 10.0 Å². The number of carbonyl (C=O) groups is 1. The molecular weight excluding hydrogens is 383 g/mol. The Hall–Kier alpha value is -2.75. The number of fused-ring (bicyclic) bond motifs is 1. The molecule has 0 fully saturated rings. The summed E-state index contributed by atoms with van der Waals surface area (Å²) >= 11 is 11.8. The Labute approximate surface area is 166 Å². The van der Waals surface area contributed by atoms with Crippen LogP contribution in [0, 0.1) is 0 Å². The zero-order valence-electron chi connectivity index (χ0n) is 14.1. The summed E-state index contributed by atoms with van der Waals surface area (Å²) in [5, 5.41) is 1.32. The summed E-state index contributed by atoms with van der Waals surface area (Å²) in [6, 6.07) is 19.9. The van der Waals surface area contributed by atoms with Gasteiger partial charge in [0.15, 0.2) is 5.76 Å². The molecule has 0 bridgehead atoms. The van der Waals surface area contributed by atoms with Gasteiger partial charge in [0.1, 0.15) is 18.1 Å². The van der Waals surface area contributed by atoms with E-state index >= 15 is 0 Å². The molecule has 3 aromatic carbocycles. The number of ketones is 1. The molecule has 0 saturated heterocycles. The highest BCUT2D eigenvalue weighted by Gasteiger charge is 2.27. The van der Waals surface area contributed by atoms with Gasteiger partial charge in [0.25, 0.3) is 0 Å². The van der Waals surface area contributed by atoms with Crippen molar-refractivity contribution >= 4 is 35.1 Å². The molecule has 3 nitrogen and oxygen atoms in total. The van der Waals surface area contributed by atoms with Crippen molar-refractivity contribution < 1.29 is 14.3 Å². The van der Waals surface area contributed by atoms with Crippen LogP contribution >= 0.6 is 23.2 Å². The molecule has 1 heterocycles. The van der Waals surface area contributed by atoms with Crippen molar-refractivity contribution in [3.63, 3.8) is 0 Å². The number of allylic oxidation sites excluding steroid dienone is 1. The molecule has 1 aliphatic rings. The minimum Gasteiger partial charge on any atom is -0.489 e. The zero-order valence-corrected chi connectivity index (χ0v) is 15.6. The second-order valence-electron chi connectivity index (χ2n) is 6.06. The van der Waals surface area contributed by atoms with Gasteiger partial charge in [-0.1, -0.05) is 47.5 Å². The Morgan fingerprint density at radius 1 is 0.889 bits per heavy atom. The van der Waals surface area contributed by atoms with E-state index in [1.54, 1.807) is 36.4 Å². The maximum Gasteiger partial charge on any atom is 0.231 e. The fourth-order valence-corrected chi connectivity index (χ4v) is 2.97.